The maximum atomic E-state index is 14.8. The van der Waals surface area contributed by atoms with Crippen molar-refractivity contribution >= 4 is 5.97 Å². The first-order valence-corrected chi connectivity index (χ1v) is 14.0. The molecule has 0 N–H and O–H groups in total. The first-order chi connectivity index (χ1) is 18.9. The molecule has 39 heavy (non-hydrogen) atoms. The van der Waals surface area contributed by atoms with Gasteiger partial charge in [0.05, 0.1) is 18.8 Å². The molecule has 3 aromatic rings. The Hall–Kier alpha value is -3.41. The highest BCUT2D eigenvalue weighted by Crippen LogP contribution is 2.29. The monoisotopic (exact) mass is 536 g/mol. The quantitative estimate of drug-likeness (QED) is 0.172. The van der Waals surface area contributed by atoms with Crippen LogP contribution in [0.4, 0.5) is 8.78 Å². The topological polar surface area (TPSA) is 44.8 Å². The van der Waals surface area contributed by atoms with Crippen LogP contribution in [0, 0.1) is 24.5 Å². The third kappa shape index (κ3) is 8.54. The minimum Gasteiger partial charge on any atom is -0.494 e. The summed E-state index contributed by atoms with van der Waals surface area (Å²) in [5, 5.41) is 0. The van der Waals surface area contributed by atoms with E-state index in [0.29, 0.717) is 30.3 Å². The van der Waals surface area contributed by atoms with Gasteiger partial charge in [-0.2, -0.15) is 0 Å². The van der Waals surface area contributed by atoms with Crippen LogP contribution in [0.3, 0.4) is 0 Å². The van der Waals surface area contributed by atoms with Crippen molar-refractivity contribution in [3.63, 3.8) is 0 Å². The molecule has 0 spiro atoms. The minimum atomic E-state index is -0.674. The van der Waals surface area contributed by atoms with Crippen LogP contribution in [0.25, 0.3) is 11.1 Å². The fourth-order valence-corrected chi connectivity index (χ4v) is 4.78. The molecule has 6 heteroatoms. The van der Waals surface area contributed by atoms with E-state index in [2.05, 4.69) is 6.92 Å². The van der Waals surface area contributed by atoms with Gasteiger partial charge in [-0.25, -0.2) is 13.6 Å². The number of hydrogen-bond donors (Lipinski definition) is 0. The van der Waals surface area contributed by atoms with E-state index in [-0.39, 0.29) is 17.4 Å². The molecular weight excluding hydrogens is 498 g/mol. The van der Waals surface area contributed by atoms with Crippen LogP contribution >= 0.6 is 0 Å². The normalized spacial score (nSPS) is 17.0. The van der Waals surface area contributed by atoms with Gasteiger partial charge in [0.1, 0.15) is 17.7 Å². The largest absolute Gasteiger partial charge is 0.494 e. The Morgan fingerprint density at radius 3 is 2.03 bits per heavy atom. The lowest BCUT2D eigenvalue weighted by atomic mass is 9.89. The van der Waals surface area contributed by atoms with E-state index in [9.17, 15) is 13.6 Å². The average molecular weight is 537 g/mol. The van der Waals surface area contributed by atoms with Gasteiger partial charge in [0.25, 0.3) is 0 Å². The van der Waals surface area contributed by atoms with Crippen LogP contribution < -0.4 is 9.47 Å². The van der Waals surface area contributed by atoms with Gasteiger partial charge in [0.2, 0.25) is 0 Å². The van der Waals surface area contributed by atoms with Crippen molar-refractivity contribution in [1.29, 1.82) is 0 Å². The Labute approximate surface area is 230 Å². The lowest BCUT2D eigenvalue weighted by Crippen LogP contribution is -2.24. The number of aryl methyl sites for hydroxylation is 1. The number of halogens is 2. The minimum absolute atomic E-state index is 0.0977. The fourth-order valence-electron chi connectivity index (χ4n) is 4.78. The average Bonchev–Trinajstić information content (AvgIpc) is 2.93. The molecule has 0 heterocycles. The first-order valence-electron chi connectivity index (χ1n) is 14.0. The Bertz CT molecular complexity index is 1220. The van der Waals surface area contributed by atoms with E-state index in [1.165, 1.54) is 23.8 Å². The van der Waals surface area contributed by atoms with Gasteiger partial charge in [-0.05, 0) is 112 Å². The maximum absolute atomic E-state index is 14.8. The molecular formula is C33H38F2O4. The van der Waals surface area contributed by atoms with Crippen LogP contribution in [0.2, 0.25) is 0 Å². The van der Waals surface area contributed by atoms with Crippen LogP contribution in [-0.2, 0) is 4.74 Å². The van der Waals surface area contributed by atoms with E-state index in [1.807, 2.05) is 31.2 Å². The van der Waals surface area contributed by atoms with Gasteiger partial charge in [-0.3, -0.25) is 0 Å². The zero-order valence-electron chi connectivity index (χ0n) is 22.9. The molecule has 0 amide bonds. The van der Waals surface area contributed by atoms with Crippen LogP contribution in [0.15, 0.2) is 60.7 Å². The molecule has 0 bridgehead atoms. The molecule has 1 aliphatic carbocycles. The van der Waals surface area contributed by atoms with E-state index in [4.69, 9.17) is 14.2 Å². The van der Waals surface area contributed by atoms with Crippen molar-refractivity contribution in [2.45, 2.75) is 71.3 Å². The highest BCUT2D eigenvalue weighted by Gasteiger charge is 2.23. The summed E-state index contributed by atoms with van der Waals surface area (Å²) in [6.07, 6.45) is 7.21. The summed E-state index contributed by atoms with van der Waals surface area (Å²) in [4.78, 5) is 12.5. The van der Waals surface area contributed by atoms with Crippen LogP contribution in [0.5, 0.6) is 11.5 Å². The van der Waals surface area contributed by atoms with Gasteiger partial charge in [0.15, 0.2) is 11.6 Å². The van der Waals surface area contributed by atoms with Crippen molar-refractivity contribution in [3.05, 3.63) is 83.4 Å². The number of hydrogen-bond acceptors (Lipinski definition) is 4. The lowest BCUT2D eigenvalue weighted by Gasteiger charge is -2.26. The van der Waals surface area contributed by atoms with E-state index in [0.717, 1.165) is 57.1 Å². The molecule has 1 aliphatic rings. The predicted octanol–water partition coefficient (Wildman–Crippen LogP) is 8.69. The summed E-state index contributed by atoms with van der Waals surface area (Å²) < 4.78 is 46.3. The molecule has 1 saturated carbocycles. The number of rotatable bonds is 12. The zero-order chi connectivity index (χ0) is 27.6. The van der Waals surface area contributed by atoms with Gasteiger partial charge in [0, 0.05) is 0 Å². The summed E-state index contributed by atoms with van der Waals surface area (Å²) in [5.74, 6) is -0.139. The molecule has 0 radical (unpaired) electrons. The van der Waals surface area contributed by atoms with Gasteiger partial charge >= 0.3 is 5.97 Å². The van der Waals surface area contributed by atoms with Crippen molar-refractivity contribution in [1.82, 2.24) is 0 Å². The van der Waals surface area contributed by atoms with E-state index >= 15 is 0 Å². The summed E-state index contributed by atoms with van der Waals surface area (Å²) >= 11 is 0. The van der Waals surface area contributed by atoms with Crippen LogP contribution in [0.1, 0.15) is 74.2 Å². The Morgan fingerprint density at radius 2 is 1.38 bits per heavy atom. The summed E-state index contributed by atoms with van der Waals surface area (Å²) in [6.45, 7) is 5.32. The van der Waals surface area contributed by atoms with Gasteiger partial charge in [-0.1, -0.05) is 36.8 Å². The molecule has 3 aromatic carbocycles. The Morgan fingerprint density at radius 1 is 0.769 bits per heavy atom. The number of benzene rings is 3. The number of carbonyl (C=O) groups excluding carboxylic acids is 1. The molecule has 4 nitrogen and oxygen atoms in total. The second kappa shape index (κ2) is 14.1. The van der Waals surface area contributed by atoms with Gasteiger partial charge < -0.3 is 14.2 Å². The first kappa shape index (κ1) is 28.6. The van der Waals surface area contributed by atoms with Crippen molar-refractivity contribution in [3.8, 4) is 22.6 Å². The standard InChI is InChI=1S/C33H38F2O4/c1-23-7-13-27(14-8-23)37-19-5-3-4-6-20-38-32-18-12-26(22-31(32)35)25-11-17-29(30(34)21-25)33(36)39-28-15-9-24(2)10-16-28/h7-8,11-14,17-18,21-22,24,28H,3-6,9-10,15-16,19-20H2,1-2H3. The lowest BCUT2D eigenvalue weighted by molar-refractivity contribution is 0.0169. The third-order valence-electron chi connectivity index (χ3n) is 7.28. The smallest absolute Gasteiger partial charge is 0.341 e. The summed E-state index contributed by atoms with van der Waals surface area (Å²) in [7, 11) is 0. The van der Waals surface area contributed by atoms with Crippen LogP contribution in [-0.4, -0.2) is 25.3 Å². The molecule has 1 fully saturated rings. The number of esters is 1. The van der Waals surface area contributed by atoms with Crippen molar-refractivity contribution in [2.24, 2.45) is 5.92 Å². The Balaban J connectivity index is 1.19. The molecule has 0 aromatic heterocycles. The zero-order valence-corrected chi connectivity index (χ0v) is 22.9. The van der Waals surface area contributed by atoms with E-state index in [1.54, 1.807) is 18.2 Å². The molecule has 0 saturated heterocycles. The summed E-state index contributed by atoms with van der Waals surface area (Å²) in [5.41, 5.74) is 2.10. The SMILES string of the molecule is Cc1ccc(OCCCCCCOc2ccc(-c3ccc(C(=O)OC4CCC(C)CC4)c(F)c3)cc2F)cc1. The fraction of sp³-hybridized carbons (Fsp3) is 0.424. The molecule has 0 aliphatic heterocycles. The Kier molecular flexibility index (Phi) is 10.3. The molecule has 0 unspecified atom stereocenters. The summed E-state index contributed by atoms with van der Waals surface area (Å²) in [6, 6.07) is 16.9. The van der Waals surface area contributed by atoms with Crippen molar-refractivity contribution < 1.29 is 27.8 Å². The van der Waals surface area contributed by atoms with E-state index < -0.39 is 17.6 Å². The highest BCUT2D eigenvalue weighted by atomic mass is 19.1. The predicted molar refractivity (Wildman–Crippen MR) is 149 cm³/mol. The number of unbranched alkanes of at least 4 members (excludes halogenated alkanes) is 3. The third-order valence-corrected chi connectivity index (χ3v) is 7.28. The molecule has 0 atom stereocenters. The maximum Gasteiger partial charge on any atom is 0.341 e. The second-order valence-electron chi connectivity index (χ2n) is 10.6. The highest BCUT2D eigenvalue weighted by molar-refractivity contribution is 5.90. The van der Waals surface area contributed by atoms with Gasteiger partial charge in [-0.15, -0.1) is 0 Å². The number of carbonyl (C=O) groups is 1. The second-order valence-corrected chi connectivity index (χ2v) is 10.6. The van der Waals surface area contributed by atoms with Crippen molar-refractivity contribution in [2.75, 3.05) is 13.2 Å². The molecule has 4 rings (SSSR count). The number of ether oxygens (including phenoxy) is 3. The molecule has 208 valence electrons.